The topological polar surface area (TPSA) is 64.9 Å². The highest BCUT2D eigenvalue weighted by Crippen LogP contribution is 2.30. The Morgan fingerprint density at radius 3 is 2.58 bits per heavy atom. The highest BCUT2D eigenvalue weighted by Gasteiger charge is 2.27. The zero-order valence-electron chi connectivity index (χ0n) is 11.6. The van der Waals surface area contributed by atoms with E-state index in [4.69, 9.17) is 10.3 Å². The second kappa shape index (κ2) is 4.74. The molecule has 0 bridgehead atoms. The number of nitrogens with two attached hydrogens (primary N) is 1. The number of hydrogen-bond donors (Lipinski definition) is 1. The first kappa shape index (κ1) is 13.7. The maximum absolute atomic E-state index is 13.8. The van der Waals surface area contributed by atoms with Gasteiger partial charge in [0.25, 0.3) is 5.89 Å². The number of aromatic nitrogens is 2. The minimum absolute atomic E-state index is 0.159. The molecule has 2 rings (SSSR count). The Labute approximate surface area is 111 Å². The van der Waals surface area contributed by atoms with Crippen molar-refractivity contribution in [3.05, 3.63) is 35.4 Å². The van der Waals surface area contributed by atoms with Crippen molar-refractivity contribution in [2.24, 2.45) is 11.1 Å². The lowest BCUT2D eigenvalue weighted by atomic mass is 9.87. The summed E-state index contributed by atoms with van der Waals surface area (Å²) in [5.41, 5.74) is 7.00. The van der Waals surface area contributed by atoms with Gasteiger partial charge >= 0.3 is 0 Å². The molecule has 0 fully saturated rings. The van der Waals surface area contributed by atoms with Gasteiger partial charge in [0, 0.05) is 0 Å². The second-order valence-corrected chi connectivity index (χ2v) is 5.78. The van der Waals surface area contributed by atoms with Crippen LogP contribution in [-0.4, -0.2) is 10.1 Å². The van der Waals surface area contributed by atoms with Gasteiger partial charge < -0.3 is 10.3 Å². The highest BCUT2D eigenvalue weighted by atomic mass is 19.1. The lowest BCUT2D eigenvalue weighted by Gasteiger charge is -2.23. The van der Waals surface area contributed by atoms with Gasteiger partial charge in [-0.05, 0) is 30.0 Å². The Balaban J connectivity index is 2.36. The predicted octanol–water partition coefficient (Wildman–Crippen LogP) is 3.23. The Bertz CT molecular complexity index is 587. The highest BCUT2D eigenvalue weighted by molar-refractivity contribution is 5.54. The standard InChI is InChI=1S/C14H18FN3O/c1-8-5-6-9(10(15)7-8)13-17-12(18-19-13)11(16)14(2,3)4/h5-7,11H,16H2,1-4H3. The van der Waals surface area contributed by atoms with Gasteiger partial charge in [-0.1, -0.05) is 32.0 Å². The molecular formula is C14H18FN3O. The van der Waals surface area contributed by atoms with Crippen LogP contribution in [0.2, 0.25) is 0 Å². The summed E-state index contributed by atoms with van der Waals surface area (Å²) >= 11 is 0. The van der Waals surface area contributed by atoms with Crippen LogP contribution in [0, 0.1) is 18.2 Å². The normalized spacial score (nSPS) is 13.6. The summed E-state index contributed by atoms with van der Waals surface area (Å²) in [5, 5.41) is 3.84. The lowest BCUT2D eigenvalue weighted by molar-refractivity contribution is 0.303. The smallest absolute Gasteiger partial charge is 0.260 e. The summed E-state index contributed by atoms with van der Waals surface area (Å²) < 4.78 is 18.9. The van der Waals surface area contributed by atoms with Crippen molar-refractivity contribution in [2.75, 3.05) is 0 Å². The van der Waals surface area contributed by atoms with Crippen LogP contribution in [0.1, 0.15) is 38.2 Å². The fourth-order valence-electron chi connectivity index (χ4n) is 1.65. The Morgan fingerprint density at radius 2 is 2.00 bits per heavy atom. The first-order chi connectivity index (χ1) is 8.79. The van der Waals surface area contributed by atoms with Crippen LogP contribution in [-0.2, 0) is 0 Å². The molecule has 0 aliphatic rings. The van der Waals surface area contributed by atoms with Gasteiger partial charge in [-0.25, -0.2) is 4.39 Å². The zero-order chi connectivity index (χ0) is 14.2. The molecular weight excluding hydrogens is 245 g/mol. The fraction of sp³-hybridized carbons (Fsp3) is 0.429. The van der Waals surface area contributed by atoms with E-state index in [1.807, 2.05) is 27.7 Å². The predicted molar refractivity (Wildman–Crippen MR) is 70.8 cm³/mol. The number of nitrogens with zero attached hydrogens (tertiary/aromatic N) is 2. The number of halogens is 1. The van der Waals surface area contributed by atoms with Gasteiger partial charge in [0.05, 0.1) is 11.6 Å². The van der Waals surface area contributed by atoms with Gasteiger partial charge in [-0.2, -0.15) is 4.98 Å². The number of aryl methyl sites for hydroxylation is 1. The molecule has 102 valence electrons. The van der Waals surface area contributed by atoms with E-state index in [0.29, 0.717) is 11.4 Å². The van der Waals surface area contributed by atoms with Crippen LogP contribution in [0.5, 0.6) is 0 Å². The quantitative estimate of drug-likeness (QED) is 0.903. The van der Waals surface area contributed by atoms with E-state index in [-0.39, 0.29) is 23.2 Å². The number of rotatable bonds is 2. The summed E-state index contributed by atoms with van der Waals surface area (Å²) in [6.45, 7) is 7.78. The van der Waals surface area contributed by atoms with Crippen LogP contribution in [0.15, 0.2) is 22.7 Å². The number of hydrogen-bond acceptors (Lipinski definition) is 4. The maximum atomic E-state index is 13.8. The molecule has 1 heterocycles. The Kier molecular flexibility index (Phi) is 3.41. The van der Waals surface area contributed by atoms with Crippen LogP contribution in [0.25, 0.3) is 11.5 Å². The summed E-state index contributed by atoms with van der Waals surface area (Å²) in [7, 11) is 0. The van der Waals surface area contributed by atoms with Crippen LogP contribution >= 0.6 is 0 Å². The summed E-state index contributed by atoms with van der Waals surface area (Å²) in [6, 6.07) is 4.50. The average Bonchev–Trinajstić information content (AvgIpc) is 2.75. The molecule has 1 unspecified atom stereocenters. The van der Waals surface area contributed by atoms with Crippen LogP contribution in [0.3, 0.4) is 0 Å². The molecule has 4 nitrogen and oxygen atoms in total. The largest absolute Gasteiger partial charge is 0.334 e. The molecule has 2 aromatic rings. The first-order valence-electron chi connectivity index (χ1n) is 6.15. The summed E-state index contributed by atoms with van der Waals surface area (Å²) in [4.78, 5) is 4.19. The minimum atomic E-state index is -0.375. The van der Waals surface area contributed by atoms with E-state index in [1.54, 1.807) is 12.1 Å². The van der Waals surface area contributed by atoms with Crippen molar-refractivity contribution in [1.29, 1.82) is 0 Å². The number of benzene rings is 1. The molecule has 0 amide bonds. The molecule has 1 aromatic carbocycles. The maximum Gasteiger partial charge on any atom is 0.260 e. The van der Waals surface area contributed by atoms with E-state index in [0.717, 1.165) is 5.56 Å². The van der Waals surface area contributed by atoms with E-state index in [2.05, 4.69) is 10.1 Å². The third-order valence-corrected chi connectivity index (χ3v) is 3.01. The van der Waals surface area contributed by atoms with Gasteiger partial charge in [0.2, 0.25) is 0 Å². The molecule has 0 saturated carbocycles. The van der Waals surface area contributed by atoms with Crippen molar-refractivity contribution in [3.63, 3.8) is 0 Å². The first-order valence-corrected chi connectivity index (χ1v) is 6.15. The monoisotopic (exact) mass is 263 g/mol. The molecule has 5 heteroatoms. The Hall–Kier alpha value is -1.75. The third-order valence-electron chi connectivity index (χ3n) is 3.01. The van der Waals surface area contributed by atoms with E-state index in [1.165, 1.54) is 6.07 Å². The second-order valence-electron chi connectivity index (χ2n) is 5.78. The summed E-state index contributed by atoms with van der Waals surface area (Å²) in [6.07, 6.45) is 0. The molecule has 0 aliphatic heterocycles. The molecule has 0 saturated heterocycles. The Morgan fingerprint density at radius 1 is 1.32 bits per heavy atom. The van der Waals surface area contributed by atoms with Crippen molar-refractivity contribution in [1.82, 2.24) is 10.1 Å². The van der Waals surface area contributed by atoms with Crippen LogP contribution < -0.4 is 5.73 Å². The molecule has 0 spiro atoms. The molecule has 2 N–H and O–H groups in total. The fourth-order valence-corrected chi connectivity index (χ4v) is 1.65. The van der Waals surface area contributed by atoms with Gasteiger partial charge in [-0.15, -0.1) is 0 Å². The van der Waals surface area contributed by atoms with Crippen molar-refractivity contribution >= 4 is 0 Å². The zero-order valence-corrected chi connectivity index (χ0v) is 11.6. The SMILES string of the molecule is Cc1ccc(-c2nc(C(N)C(C)(C)C)no2)c(F)c1. The molecule has 1 aromatic heterocycles. The minimum Gasteiger partial charge on any atom is -0.334 e. The van der Waals surface area contributed by atoms with E-state index in [9.17, 15) is 4.39 Å². The van der Waals surface area contributed by atoms with Gasteiger partial charge in [-0.3, -0.25) is 0 Å². The summed E-state index contributed by atoms with van der Waals surface area (Å²) in [5.74, 6) is 0.175. The molecule has 0 radical (unpaired) electrons. The third kappa shape index (κ3) is 2.81. The van der Waals surface area contributed by atoms with Crippen LogP contribution in [0.4, 0.5) is 4.39 Å². The van der Waals surface area contributed by atoms with Crippen molar-refractivity contribution < 1.29 is 8.91 Å². The molecule has 19 heavy (non-hydrogen) atoms. The van der Waals surface area contributed by atoms with E-state index >= 15 is 0 Å². The van der Waals surface area contributed by atoms with Crippen molar-refractivity contribution in [3.8, 4) is 11.5 Å². The molecule has 0 aliphatic carbocycles. The lowest BCUT2D eigenvalue weighted by Crippen LogP contribution is -2.27. The van der Waals surface area contributed by atoms with Gasteiger partial charge in [0.15, 0.2) is 5.82 Å². The average molecular weight is 263 g/mol. The molecule has 1 atom stereocenters. The van der Waals surface area contributed by atoms with E-state index < -0.39 is 0 Å². The van der Waals surface area contributed by atoms with Crippen molar-refractivity contribution in [2.45, 2.75) is 33.7 Å². The van der Waals surface area contributed by atoms with Gasteiger partial charge in [0.1, 0.15) is 5.82 Å².